The van der Waals surface area contributed by atoms with Gasteiger partial charge in [0.2, 0.25) is 5.91 Å². The highest BCUT2D eigenvalue weighted by Gasteiger charge is 2.26. The van der Waals surface area contributed by atoms with Crippen LogP contribution in [0, 0.1) is 0 Å². The maximum absolute atomic E-state index is 11.1. The third-order valence-corrected chi connectivity index (χ3v) is 5.53. The minimum atomic E-state index is -0.0497. The summed E-state index contributed by atoms with van der Waals surface area (Å²) in [6.45, 7) is 6.62. The lowest BCUT2D eigenvalue weighted by Crippen LogP contribution is -2.52. The van der Waals surface area contributed by atoms with Crippen LogP contribution >= 0.6 is 11.3 Å². The molecule has 1 aromatic carbocycles. The monoisotopic (exact) mass is 373 g/mol. The lowest BCUT2D eigenvalue weighted by molar-refractivity contribution is -0.114. The molecular weight excluding hydrogens is 346 g/mol. The fourth-order valence-corrected chi connectivity index (χ4v) is 4.16. The number of anilines is 1. The lowest BCUT2D eigenvalue weighted by Gasteiger charge is -2.41. The molecule has 1 unspecified atom stereocenters. The minimum Gasteiger partial charge on any atom is -0.396 e. The number of rotatable bonds is 7. The molecule has 26 heavy (non-hydrogen) atoms. The summed E-state index contributed by atoms with van der Waals surface area (Å²) in [6.07, 6.45) is 0.808. The Kier molecular flexibility index (Phi) is 6.80. The molecule has 1 aromatic heterocycles. The van der Waals surface area contributed by atoms with E-state index in [2.05, 4.69) is 44.1 Å². The normalized spacial score (nSPS) is 18.8. The maximum atomic E-state index is 11.1. The Labute approximate surface area is 159 Å². The number of amides is 1. The maximum Gasteiger partial charge on any atom is 0.221 e. The number of nitrogens with zero attached hydrogens (tertiary/aromatic N) is 2. The molecule has 0 bridgehead atoms. The number of nitrogens with one attached hydrogen (secondary N) is 1. The molecule has 2 heterocycles. The van der Waals surface area contributed by atoms with Crippen molar-refractivity contribution in [2.24, 2.45) is 0 Å². The summed E-state index contributed by atoms with van der Waals surface area (Å²) < 4.78 is 0. The first kappa shape index (κ1) is 19.0. The minimum absolute atomic E-state index is 0.0497. The van der Waals surface area contributed by atoms with E-state index in [1.54, 1.807) is 11.3 Å². The SMILES string of the molecule is CC(=O)Nc1ccc(CN2CCN(Cc3ccsc3)C(CCO)C2)cc1. The van der Waals surface area contributed by atoms with Crippen LogP contribution in [0.5, 0.6) is 0 Å². The summed E-state index contributed by atoms with van der Waals surface area (Å²) in [5, 5.41) is 16.6. The van der Waals surface area contributed by atoms with Crippen molar-refractivity contribution < 1.29 is 9.90 Å². The topological polar surface area (TPSA) is 55.8 Å². The van der Waals surface area contributed by atoms with E-state index >= 15 is 0 Å². The second-order valence-electron chi connectivity index (χ2n) is 6.88. The van der Waals surface area contributed by atoms with Gasteiger partial charge in [-0.05, 0) is 46.5 Å². The van der Waals surface area contributed by atoms with Crippen LogP contribution in [-0.4, -0.2) is 53.1 Å². The lowest BCUT2D eigenvalue weighted by atomic mass is 10.1. The van der Waals surface area contributed by atoms with E-state index in [0.717, 1.165) is 44.8 Å². The van der Waals surface area contributed by atoms with Gasteiger partial charge in [-0.3, -0.25) is 14.6 Å². The van der Waals surface area contributed by atoms with Gasteiger partial charge in [0, 0.05) is 58.0 Å². The van der Waals surface area contributed by atoms with Crippen LogP contribution in [0.3, 0.4) is 0 Å². The largest absolute Gasteiger partial charge is 0.396 e. The number of thiophene rings is 1. The van der Waals surface area contributed by atoms with Gasteiger partial charge in [-0.1, -0.05) is 12.1 Å². The average Bonchev–Trinajstić information content (AvgIpc) is 3.12. The molecule has 1 amide bonds. The van der Waals surface area contributed by atoms with Gasteiger partial charge in [0.25, 0.3) is 0 Å². The molecule has 2 N–H and O–H groups in total. The molecule has 1 fully saturated rings. The van der Waals surface area contributed by atoms with Crippen LogP contribution in [-0.2, 0) is 17.9 Å². The number of hydrogen-bond donors (Lipinski definition) is 2. The summed E-state index contributed by atoms with van der Waals surface area (Å²) in [5.74, 6) is -0.0497. The first-order chi connectivity index (χ1) is 12.6. The predicted octanol–water partition coefficient (Wildman–Crippen LogP) is 2.78. The van der Waals surface area contributed by atoms with Crippen molar-refractivity contribution in [3.05, 3.63) is 52.2 Å². The van der Waals surface area contributed by atoms with E-state index in [0.29, 0.717) is 6.04 Å². The molecule has 5 nitrogen and oxygen atoms in total. The van der Waals surface area contributed by atoms with Gasteiger partial charge < -0.3 is 10.4 Å². The van der Waals surface area contributed by atoms with Gasteiger partial charge in [0.1, 0.15) is 0 Å². The van der Waals surface area contributed by atoms with Gasteiger partial charge in [-0.2, -0.15) is 11.3 Å². The number of aliphatic hydroxyl groups excluding tert-OH is 1. The zero-order valence-electron chi connectivity index (χ0n) is 15.2. The van der Waals surface area contributed by atoms with Gasteiger partial charge in [0.15, 0.2) is 0 Å². The highest BCUT2D eigenvalue weighted by molar-refractivity contribution is 7.07. The fourth-order valence-electron chi connectivity index (χ4n) is 3.50. The molecule has 0 saturated carbocycles. The number of carbonyl (C=O) groups is 1. The van der Waals surface area contributed by atoms with Crippen LogP contribution in [0.1, 0.15) is 24.5 Å². The Morgan fingerprint density at radius 1 is 1.19 bits per heavy atom. The van der Waals surface area contributed by atoms with Crippen molar-refractivity contribution in [3.8, 4) is 0 Å². The molecule has 1 saturated heterocycles. The molecule has 0 spiro atoms. The van der Waals surface area contributed by atoms with E-state index in [-0.39, 0.29) is 12.5 Å². The third kappa shape index (κ3) is 5.38. The van der Waals surface area contributed by atoms with Gasteiger partial charge in [-0.25, -0.2) is 0 Å². The van der Waals surface area contributed by atoms with Crippen LogP contribution in [0.2, 0.25) is 0 Å². The van der Waals surface area contributed by atoms with Gasteiger partial charge >= 0.3 is 0 Å². The molecule has 3 rings (SSSR count). The summed E-state index contributed by atoms with van der Waals surface area (Å²) in [7, 11) is 0. The van der Waals surface area contributed by atoms with E-state index in [4.69, 9.17) is 0 Å². The Balaban J connectivity index is 1.57. The molecule has 1 atom stereocenters. The summed E-state index contributed by atoms with van der Waals surface area (Å²) in [6, 6.07) is 10.6. The molecule has 140 valence electrons. The van der Waals surface area contributed by atoms with Crippen LogP contribution in [0.15, 0.2) is 41.1 Å². The molecule has 2 aromatic rings. The van der Waals surface area contributed by atoms with Crippen molar-refractivity contribution in [2.75, 3.05) is 31.6 Å². The second kappa shape index (κ2) is 9.28. The first-order valence-electron chi connectivity index (χ1n) is 9.09. The number of hydrogen-bond acceptors (Lipinski definition) is 5. The van der Waals surface area contributed by atoms with Gasteiger partial charge in [-0.15, -0.1) is 0 Å². The van der Waals surface area contributed by atoms with Crippen LogP contribution < -0.4 is 5.32 Å². The van der Waals surface area contributed by atoms with Crippen molar-refractivity contribution in [1.82, 2.24) is 9.80 Å². The smallest absolute Gasteiger partial charge is 0.221 e. The molecule has 6 heteroatoms. The Hall–Kier alpha value is -1.73. The molecular formula is C20H27N3O2S. The summed E-state index contributed by atoms with van der Waals surface area (Å²) in [4.78, 5) is 16.1. The molecule has 0 aliphatic carbocycles. The van der Waals surface area contributed by atoms with E-state index in [1.165, 1.54) is 18.1 Å². The quantitative estimate of drug-likeness (QED) is 0.784. The van der Waals surface area contributed by atoms with Crippen molar-refractivity contribution in [3.63, 3.8) is 0 Å². The molecule has 1 aliphatic heterocycles. The number of aliphatic hydroxyl groups is 1. The number of carbonyl (C=O) groups excluding carboxylic acids is 1. The second-order valence-corrected chi connectivity index (χ2v) is 7.66. The van der Waals surface area contributed by atoms with Gasteiger partial charge in [0.05, 0.1) is 0 Å². The van der Waals surface area contributed by atoms with E-state index < -0.39 is 0 Å². The summed E-state index contributed by atoms with van der Waals surface area (Å²) >= 11 is 1.74. The zero-order valence-corrected chi connectivity index (χ0v) is 16.0. The molecule has 1 aliphatic rings. The number of benzene rings is 1. The number of piperazine rings is 1. The molecule has 0 radical (unpaired) electrons. The van der Waals surface area contributed by atoms with E-state index in [9.17, 15) is 9.90 Å². The van der Waals surface area contributed by atoms with Crippen LogP contribution in [0.25, 0.3) is 0 Å². The summed E-state index contributed by atoms with van der Waals surface area (Å²) in [5.41, 5.74) is 3.44. The van der Waals surface area contributed by atoms with Crippen molar-refractivity contribution in [1.29, 1.82) is 0 Å². The third-order valence-electron chi connectivity index (χ3n) is 4.80. The zero-order chi connectivity index (χ0) is 18.4. The standard InChI is InChI=1S/C20H27N3O2S/c1-16(25)21-19-4-2-17(3-5-19)12-22-8-9-23(20(14-22)6-10-24)13-18-7-11-26-15-18/h2-5,7,11,15,20,24H,6,8-10,12-14H2,1H3,(H,21,25). The Morgan fingerprint density at radius 2 is 2.00 bits per heavy atom. The highest BCUT2D eigenvalue weighted by atomic mass is 32.1. The Morgan fingerprint density at radius 3 is 2.65 bits per heavy atom. The highest BCUT2D eigenvalue weighted by Crippen LogP contribution is 2.20. The Bertz CT molecular complexity index is 688. The first-order valence-corrected chi connectivity index (χ1v) is 10.0. The van der Waals surface area contributed by atoms with Crippen molar-refractivity contribution in [2.45, 2.75) is 32.5 Å². The predicted molar refractivity (Wildman–Crippen MR) is 106 cm³/mol. The van der Waals surface area contributed by atoms with E-state index in [1.807, 2.05) is 12.1 Å². The van der Waals surface area contributed by atoms with Crippen molar-refractivity contribution >= 4 is 22.9 Å². The van der Waals surface area contributed by atoms with Crippen LogP contribution in [0.4, 0.5) is 5.69 Å². The fraction of sp³-hybridized carbons (Fsp3) is 0.450. The average molecular weight is 374 g/mol.